The van der Waals surface area contributed by atoms with Crippen molar-refractivity contribution < 1.29 is 42.4 Å². The van der Waals surface area contributed by atoms with Gasteiger partial charge in [0.15, 0.2) is 0 Å². The molecule has 0 saturated carbocycles. The van der Waals surface area contributed by atoms with Crippen LogP contribution in [-0.2, 0) is 9.47 Å². The zero-order valence-corrected chi connectivity index (χ0v) is 6.24. The van der Waals surface area contributed by atoms with E-state index in [1.807, 2.05) is 0 Å². The third-order valence-electron chi connectivity index (χ3n) is 0.743. The maximum absolute atomic E-state index is 11.8. The highest BCUT2D eigenvalue weighted by molar-refractivity contribution is 5.59. The van der Waals surface area contributed by atoms with Crippen molar-refractivity contribution in [1.29, 1.82) is 0 Å². The Morgan fingerprint density at radius 3 is 1.93 bits per heavy atom. The molecule has 0 spiro atoms. The van der Waals surface area contributed by atoms with Gasteiger partial charge in [0.2, 0.25) is 0 Å². The molecule has 0 heterocycles. The van der Waals surface area contributed by atoms with Gasteiger partial charge in [-0.2, -0.15) is 13.2 Å². The summed E-state index contributed by atoms with van der Waals surface area (Å²) in [5.41, 5.74) is 0. The number of hydrogen-bond acceptors (Lipinski definition) is 4. The molecule has 80 valence electrons. The van der Waals surface area contributed by atoms with Crippen LogP contribution in [0.2, 0.25) is 0 Å². The summed E-state index contributed by atoms with van der Waals surface area (Å²) in [5.74, 6) is -2.08. The SMILES string of the molecule is O=C(O)O/C=C(\OC(=O)O)C(F)(F)F. The minimum Gasteiger partial charge on any atom is -0.449 e. The van der Waals surface area contributed by atoms with Crippen molar-refractivity contribution >= 4 is 12.3 Å². The summed E-state index contributed by atoms with van der Waals surface area (Å²) in [6, 6.07) is 0. The molecule has 9 heteroatoms. The highest BCUT2D eigenvalue weighted by atomic mass is 19.4. The smallest absolute Gasteiger partial charge is 0.449 e. The van der Waals surface area contributed by atoms with Gasteiger partial charge in [0.05, 0.1) is 0 Å². The number of alkyl halides is 3. The summed E-state index contributed by atoms with van der Waals surface area (Å²) in [6.07, 6.45) is -9.77. The first-order valence-corrected chi connectivity index (χ1v) is 2.81. The fourth-order valence-electron chi connectivity index (χ4n) is 0.347. The minimum absolute atomic E-state index is 0.365. The number of rotatable bonds is 2. The highest BCUT2D eigenvalue weighted by Gasteiger charge is 2.38. The molecule has 0 radical (unpaired) electrons. The van der Waals surface area contributed by atoms with Gasteiger partial charge in [-0.3, -0.25) is 0 Å². The van der Waals surface area contributed by atoms with Gasteiger partial charge in [-0.1, -0.05) is 0 Å². The Labute approximate surface area is 74.1 Å². The summed E-state index contributed by atoms with van der Waals surface area (Å²) in [5, 5.41) is 15.7. The number of carboxylic acid groups (broad SMARTS) is 2. The van der Waals surface area contributed by atoms with E-state index in [9.17, 15) is 22.8 Å². The van der Waals surface area contributed by atoms with Crippen LogP contribution in [0.3, 0.4) is 0 Å². The molecule has 0 aliphatic rings. The van der Waals surface area contributed by atoms with Crippen LogP contribution < -0.4 is 0 Å². The lowest BCUT2D eigenvalue weighted by Gasteiger charge is -2.08. The Bertz CT molecular complexity index is 267. The van der Waals surface area contributed by atoms with Crippen LogP contribution in [-0.4, -0.2) is 28.7 Å². The van der Waals surface area contributed by atoms with Crippen LogP contribution in [0.1, 0.15) is 0 Å². The molecule has 0 fully saturated rings. The molecule has 0 rings (SSSR count). The maximum atomic E-state index is 11.8. The van der Waals surface area contributed by atoms with Crippen LogP contribution in [0.4, 0.5) is 22.8 Å². The summed E-state index contributed by atoms with van der Waals surface area (Å²) in [4.78, 5) is 19.4. The Hall–Kier alpha value is -1.93. The summed E-state index contributed by atoms with van der Waals surface area (Å²) in [6.45, 7) is 0. The summed E-state index contributed by atoms with van der Waals surface area (Å²) in [7, 11) is 0. The quantitative estimate of drug-likeness (QED) is 0.539. The second-order valence-electron chi connectivity index (χ2n) is 1.73. The Morgan fingerprint density at radius 2 is 1.64 bits per heavy atom. The van der Waals surface area contributed by atoms with Crippen molar-refractivity contribution in [3.05, 3.63) is 12.0 Å². The molecule has 0 amide bonds. The molecule has 2 N–H and O–H groups in total. The lowest BCUT2D eigenvalue weighted by atomic mass is 10.5. The lowest BCUT2D eigenvalue weighted by molar-refractivity contribution is -0.126. The molecule has 0 bridgehead atoms. The van der Waals surface area contributed by atoms with E-state index >= 15 is 0 Å². The molecule has 0 aromatic heterocycles. The van der Waals surface area contributed by atoms with Gasteiger partial charge >= 0.3 is 18.5 Å². The first-order chi connectivity index (χ1) is 6.23. The van der Waals surface area contributed by atoms with Crippen molar-refractivity contribution in [3.63, 3.8) is 0 Å². The molecule has 0 aliphatic carbocycles. The van der Waals surface area contributed by atoms with Gasteiger partial charge in [-0.15, -0.1) is 0 Å². The number of allylic oxidation sites excluding steroid dienone is 1. The van der Waals surface area contributed by atoms with E-state index in [0.29, 0.717) is 0 Å². The number of carbonyl (C=O) groups is 2. The van der Waals surface area contributed by atoms with E-state index in [1.165, 1.54) is 0 Å². The van der Waals surface area contributed by atoms with Crippen LogP contribution in [0, 0.1) is 0 Å². The fraction of sp³-hybridized carbons (Fsp3) is 0.200. The van der Waals surface area contributed by atoms with E-state index in [2.05, 4.69) is 9.47 Å². The van der Waals surface area contributed by atoms with Crippen LogP contribution in [0.5, 0.6) is 0 Å². The standard InChI is InChI=1S/C5H3F3O6/c6-5(7,8)2(14-4(11)12)1-13-3(9)10/h1H,(H,9,10)(H,11,12)/b2-1-. The third kappa shape index (κ3) is 4.85. The van der Waals surface area contributed by atoms with Crippen molar-refractivity contribution in [2.45, 2.75) is 6.18 Å². The maximum Gasteiger partial charge on any atom is 0.511 e. The number of ether oxygens (including phenoxy) is 2. The van der Waals surface area contributed by atoms with Gasteiger partial charge in [-0.25, -0.2) is 9.59 Å². The van der Waals surface area contributed by atoms with E-state index in [-0.39, 0.29) is 6.26 Å². The monoisotopic (exact) mass is 216 g/mol. The van der Waals surface area contributed by atoms with Gasteiger partial charge in [0, 0.05) is 0 Å². The predicted octanol–water partition coefficient (Wildman–Crippen LogP) is 1.78. The molecule has 0 aromatic rings. The Kier molecular flexibility index (Phi) is 3.75. The molecule has 14 heavy (non-hydrogen) atoms. The number of halogens is 3. The zero-order valence-electron chi connectivity index (χ0n) is 6.24. The Morgan fingerprint density at radius 1 is 1.14 bits per heavy atom. The topological polar surface area (TPSA) is 93.1 Å². The average Bonchev–Trinajstić information content (AvgIpc) is 1.94. The largest absolute Gasteiger partial charge is 0.511 e. The first-order valence-electron chi connectivity index (χ1n) is 2.81. The molecule has 0 aromatic carbocycles. The van der Waals surface area contributed by atoms with Crippen LogP contribution in [0.15, 0.2) is 12.0 Å². The minimum atomic E-state index is -5.14. The molecule has 0 unspecified atom stereocenters. The van der Waals surface area contributed by atoms with Crippen LogP contribution >= 0.6 is 0 Å². The van der Waals surface area contributed by atoms with Crippen molar-refractivity contribution in [3.8, 4) is 0 Å². The second kappa shape index (κ2) is 4.35. The number of hydrogen-bond donors (Lipinski definition) is 2. The van der Waals surface area contributed by atoms with Crippen molar-refractivity contribution in [2.75, 3.05) is 0 Å². The summed E-state index contributed by atoms with van der Waals surface area (Å²) < 4.78 is 42.0. The lowest BCUT2D eigenvalue weighted by Crippen LogP contribution is -2.18. The Balaban J connectivity index is 4.63. The third-order valence-corrected chi connectivity index (χ3v) is 0.743. The van der Waals surface area contributed by atoms with Gasteiger partial charge in [-0.05, 0) is 0 Å². The van der Waals surface area contributed by atoms with Crippen molar-refractivity contribution in [2.24, 2.45) is 0 Å². The summed E-state index contributed by atoms with van der Waals surface area (Å²) >= 11 is 0. The zero-order chi connectivity index (χ0) is 11.4. The predicted molar refractivity (Wildman–Crippen MR) is 32.4 cm³/mol. The molecular formula is C5H3F3O6. The highest BCUT2D eigenvalue weighted by Crippen LogP contribution is 2.26. The fourth-order valence-corrected chi connectivity index (χ4v) is 0.347. The van der Waals surface area contributed by atoms with Crippen LogP contribution in [0.25, 0.3) is 0 Å². The van der Waals surface area contributed by atoms with E-state index < -0.39 is 24.2 Å². The van der Waals surface area contributed by atoms with Gasteiger partial charge in [0.1, 0.15) is 6.26 Å². The van der Waals surface area contributed by atoms with E-state index in [1.54, 1.807) is 0 Å². The van der Waals surface area contributed by atoms with E-state index in [0.717, 1.165) is 0 Å². The average molecular weight is 216 g/mol. The van der Waals surface area contributed by atoms with Crippen molar-refractivity contribution in [1.82, 2.24) is 0 Å². The molecule has 6 nitrogen and oxygen atoms in total. The molecular weight excluding hydrogens is 213 g/mol. The van der Waals surface area contributed by atoms with E-state index in [4.69, 9.17) is 10.2 Å². The van der Waals surface area contributed by atoms with Gasteiger partial charge in [0.25, 0.3) is 5.76 Å². The first kappa shape index (κ1) is 12.1. The molecule has 0 saturated heterocycles. The normalized spacial score (nSPS) is 12.1. The second-order valence-corrected chi connectivity index (χ2v) is 1.73. The molecule has 0 atom stereocenters. The molecule has 0 aliphatic heterocycles. The van der Waals surface area contributed by atoms with Gasteiger partial charge < -0.3 is 19.7 Å².